The summed E-state index contributed by atoms with van der Waals surface area (Å²) in [7, 11) is 0. The van der Waals surface area contributed by atoms with E-state index < -0.39 is 6.10 Å². The molecule has 0 radical (unpaired) electrons. The molecule has 4 heteroatoms. The Labute approximate surface area is 142 Å². The molecule has 0 aliphatic heterocycles. The smallest absolute Gasteiger partial charge is 0.122 e. The van der Waals surface area contributed by atoms with E-state index in [4.69, 9.17) is 4.74 Å². The van der Waals surface area contributed by atoms with E-state index in [1.54, 1.807) is 0 Å². The fraction of sp³-hybridized carbons (Fsp3) is 0.350. The second-order valence-electron chi connectivity index (χ2n) is 6.21. The molecule has 3 aromatic rings. The Morgan fingerprint density at radius 3 is 2.71 bits per heavy atom. The largest absolute Gasteiger partial charge is 0.491 e. The highest BCUT2D eigenvalue weighted by Gasteiger charge is 2.14. The lowest BCUT2D eigenvalue weighted by Gasteiger charge is -2.16. The number of rotatable bonds is 6. The number of imidazole rings is 1. The normalized spacial score (nSPS) is 12.5. The summed E-state index contributed by atoms with van der Waals surface area (Å²) >= 11 is 0. The predicted octanol–water partition coefficient (Wildman–Crippen LogP) is 3.66. The minimum atomic E-state index is -0.589. The van der Waals surface area contributed by atoms with Crippen molar-refractivity contribution in [2.45, 2.75) is 39.8 Å². The summed E-state index contributed by atoms with van der Waals surface area (Å²) in [6.45, 7) is 6.90. The predicted molar refractivity (Wildman–Crippen MR) is 96.5 cm³/mol. The van der Waals surface area contributed by atoms with E-state index >= 15 is 0 Å². The number of nitrogens with zero attached hydrogens (tertiary/aromatic N) is 2. The molecule has 0 aliphatic rings. The first-order valence-corrected chi connectivity index (χ1v) is 8.40. The second-order valence-corrected chi connectivity index (χ2v) is 6.21. The lowest BCUT2D eigenvalue weighted by Crippen LogP contribution is -2.24. The molecule has 0 saturated heterocycles. The van der Waals surface area contributed by atoms with Gasteiger partial charge in [0.05, 0.1) is 17.6 Å². The summed E-state index contributed by atoms with van der Waals surface area (Å²) in [5, 5.41) is 10.4. The average Bonchev–Trinajstić information content (AvgIpc) is 2.92. The van der Waals surface area contributed by atoms with E-state index in [-0.39, 0.29) is 6.61 Å². The molecule has 126 valence electrons. The third-order valence-corrected chi connectivity index (χ3v) is 4.20. The lowest BCUT2D eigenvalue weighted by atomic mass is 10.1. The molecular weight excluding hydrogens is 300 g/mol. The van der Waals surface area contributed by atoms with E-state index in [9.17, 15) is 5.11 Å². The molecule has 1 N–H and O–H groups in total. The van der Waals surface area contributed by atoms with Crippen LogP contribution in [0.4, 0.5) is 0 Å². The summed E-state index contributed by atoms with van der Waals surface area (Å²) in [6.07, 6.45) is 0.243. The molecule has 4 nitrogen and oxygen atoms in total. The molecule has 0 amide bonds. The number of para-hydroxylation sites is 2. The molecule has 0 aliphatic carbocycles. The van der Waals surface area contributed by atoms with Crippen LogP contribution in [0.25, 0.3) is 11.0 Å². The Balaban J connectivity index is 1.72. The number of aliphatic hydroxyl groups excluding tert-OH is 1. The quantitative estimate of drug-likeness (QED) is 0.753. The third-order valence-electron chi connectivity index (χ3n) is 4.20. The van der Waals surface area contributed by atoms with Gasteiger partial charge in [0, 0.05) is 6.42 Å². The van der Waals surface area contributed by atoms with Gasteiger partial charge in [-0.2, -0.15) is 0 Å². The van der Waals surface area contributed by atoms with Gasteiger partial charge in [0.25, 0.3) is 0 Å². The molecule has 3 rings (SSSR count). The zero-order chi connectivity index (χ0) is 17.1. The van der Waals surface area contributed by atoms with Gasteiger partial charge in [-0.1, -0.05) is 36.8 Å². The third kappa shape index (κ3) is 3.44. The molecule has 0 bridgehead atoms. The standard InChI is InChI=1S/C20H24N2O2/c1-4-20-21-17-7-5-6-8-18(17)22(20)12-16(23)13-24-19-10-9-14(2)11-15(19)3/h5-11,16,23H,4,12-13H2,1-3H3/t16-/m0/s1. The average molecular weight is 324 g/mol. The Kier molecular flexibility index (Phi) is 4.86. The van der Waals surface area contributed by atoms with Crippen molar-refractivity contribution >= 4 is 11.0 Å². The van der Waals surface area contributed by atoms with Crippen LogP contribution in [0.2, 0.25) is 0 Å². The van der Waals surface area contributed by atoms with Gasteiger partial charge in [0.1, 0.15) is 24.3 Å². The zero-order valence-electron chi connectivity index (χ0n) is 14.5. The number of aliphatic hydroxyl groups is 1. The SMILES string of the molecule is CCc1nc2ccccc2n1C[C@H](O)COc1ccc(C)cc1C. The summed E-state index contributed by atoms with van der Waals surface area (Å²) in [5.74, 6) is 1.81. The van der Waals surface area contributed by atoms with E-state index in [0.717, 1.165) is 34.6 Å². The van der Waals surface area contributed by atoms with Crippen molar-refractivity contribution < 1.29 is 9.84 Å². The van der Waals surface area contributed by atoms with Crippen LogP contribution in [-0.2, 0) is 13.0 Å². The first kappa shape index (κ1) is 16.5. The van der Waals surface area contributed by atoms with Crippen LogP contribution in [0.15, 0.2) is 42.5 Å². The number of fused-ring (bicyclic) bond motifs is 1. The molecule has 1 atom stereocenters. The van der Waals surface area contributed by atoms with E-state index in [1.165, 1.54) is 5.56 Å². The molecule has 1 heterocycles. The van der Waals surface area contributed by atoms with Crippen LogP contribution in [0.3, 0.4) is 0 Å². The highest BCUT2D eigenvalue weighted by atomic mass is 16.5. The Morgan fingerprint density at radius 2 is 1.96 bits per heavy atom. The minimum Gasteiger partial charge on any atom is -0.491 e. The van der Waals surface area contributed by atoms with E-state index in [1.807, 2.05) is 43.3 Å². The van der Waals surface area contributed by atoms with Crippen LogP contribution in [0.1, 0.15) is 23.9 Å². The van der Waals surface area contributed by atoms with Crippen LogP contribution in [0, 0.1) is 13.8 Å². The van der Waals surface area contributed by atoms with Crippen LogP contribution < -0.4 is 4.74 Å². The zero-order valence-corrected chi connectivity index (χ0v) is 14.5. The van der Waals surface area contributed by atoms with Crippen LogP contribution in [-0.4, -0.2) is 27.4 Å². The fourth-order valence-electron chi connectivity index (χ4n) is 3.01. The monoisotopic (exact) mass is 324 g/mol. The number of hydrogen-bond acceptors (Lipinski definition) is 3. The molecule has 0 saturated carbocycles. The number of ether oxygens (including phenoxy) is 1. The van der Waals surface area contributed by atoms with Gasteiger partial charge in [-0.05, 0) is 37.6 Å². The molecule has 0 spiro atoms. The van der Waals surface area contributed by atoms with E-state index in [2.05, 4.69) is 29.5 Å². The maximum atomic E-state index is 10.4. The van der Waals surface area contributed by atoms with Gasteiger partial charge in [-0.3, -0.25) is 0 Å². The molecule has 0 unspecified atom stereocenters. The molecular formula is C20H24N2O2. The van der Waals surface area contributed by atoms with Gasteiger partial charge in [0.2, 0.25) is 0 Å². The van der Waals surface area contributed by atoms with Gasteiger partial charge in [0.15, 0.2) is 0 Å². The Hall–Kier alpha value is -2.33. The topological polar surface area (TPSA) is 47.3 Å². The molecule has 2 aromatic carbocycles. The highest BCUT2D eigenvalue weighted by molar-refractivity contribution is 5.75. The van der Waals surface area contributed by atoms with Crippen molar-refractivity contribution in [1.82, 2.24) is 9.55 Å². The number of aryl methyl sites for hydroxylation is 3. The maximum Gasteiger partial charge on any atom is 0.122 e. The molecule has 24 heavy (non-hydrogen) atoms. The summed E-state index contributed by atoms with van der Waals surface area (Å²) in [4.78, 5) is 4.64. The highest BCUT2D eigenvalue weighted by Crippen LogP contribution is 2.20. The van der Waals surface area contributed by atoms with Crippen molar-refractivity contribution in [2.24, 2.45) is 0 Å². The Bertz CT molecular complexity index is 839. The summed E-state index contributed by atoms with van der Waals surface area (Å²) < 4.78 is 7.89. The maximum absolute atomic E-state index is 10.4. The molecule has 1 aromatic heterocycles. The van der Waals surface area contributed by atoms with Crippen molar-refractivity contribution in [3.63, 3.8) is 0 Å². The Morgan fingerprint density at radius 1 is 1.17 bits per heavy atom. The van der Waals surface area contributed by atoms with Crippen LogP contribution in [0.5, 0.6) is 5.75 Å². The van der Waals surface area contributed by atoms with Gasteiger partial charge >= 0.3 is 0 Å². The minimum absolute atomic E-state index is 0.263. The second kappa shape index (κ2) is 7.05. The van der Waals surface area contributed by atoms with Crippen molar-refractivity contribution in [3.8, 4) is 5.75 Å². The van der Waals surface area contributed by atoms with Crippen molar-refractivity contribution in [1.29, 1.82) is 0 Å². The lowest BCUT2D eigenvalue weighted by molar-refractivity contribution is 0.0924. The van der Waals surface area contributed by atoms with Crippen LogP contribution >= 0.6 is 0 Å². The van der Waals surface area contributed by atoms with E-state index in [0.29, 0.717) is 6.54 Å². The first-order chi connectivity index (χ1) is 11.6. The summed E-state index contributed by atoms with van der Waals surface area (Å²) in [6, 6.07) is 14.1. The fourth-order valence-corrected chi connectivity index (χ4v) is 3.01. The molecule has 0 fully saturated rings. The van der Waals surface area contributed by atoms with Crippen molar-refractivity contribution in [2.75, 3.05) is 6.61 Å². The number of benzene rings is 2. The number of hydrogen-bond donors (Lipinski definition) is 1. The van der Waals surface area contributed by atoms with Gasteiger partial charge in [-0.25, -0.2) is 4.98 Å². The number of aromatic nitrogens is 2. The summed E-state index contributed by atoms with van der Waals surface area (Å²) in [5.41, 5.74) is 4.32. The van der Waals surface area contributed by atoms with Gasteiger partial charge in [-0.15, -0.1) is 0 Å². The first-order valence-electron chi connectivity index (χ1n) is 8.40. The van der Waals surface area contributed by atoms with Crippen molar-refractivity contribution in [3.05, 3.63) is 59.4 Å². The van der Waals surface area contributed by atoms with Gasteiger partial charge < -0.3 is 14.4 Å².